The fourth-order valence-electron chi connectivity index (χ4n) is 1.92. The third-order valence-corrected chi connectivity index (χ3v) is 4.96. The van der Waals surface area contributed by atoms with Crippen molar-refractivity contribution in [1.82, 2.24) is 4.98 Å². The van der Waals surface area contributed by atoms with Crippen LogP contribution in [-0.2, 0) is 5.75 Å². The van der Waals surface area contributed by atoms with Crippen molar-refractivity contribution in [2.24, 2.45) is 5.73 Å². The zero-order valence-electron chi connectivity index (χ0n) is 12.2. The van der Waals surface area contributed by atoms with Gasteiger partial charge in [0.05, 0.1) is 6.61 Å². The van der Waals surface area contributed by atoms with E-state index in [1.165, 1.54) is 0 Å². The van der Waals surface area contributed by atoms with Crippen molar-refractivity contribution in [3.63, 3.8) is 0 Å². The van der Waals surface area contributed by atoms with Gasteiger partial charge in [-0.15, -0.1) is 11.8 Å². The van der Waals surface area contributed by atoms with Crippen LogP contribution in [0.1, 0.15) is 31.0 Å². The Morgan fingerprint density at radius 1 is 1.38 bits per heavy atom. The van der Waals surface area contributed by atoms with Gasteiger partial charge in [0.15, 0.2) is 0 Å². The van der Waals surface area contributed by atoms with Crippen molar-refractivity contribution in [2.45, 2.75) is 30.7 Å². The Kier molecular flexibility index (Phi) is 6.08. The van der Waals surface area contributed by atoms with Gasteiger partial charge < -0.3 is 10.5 Å². The van der Waals surface area contributed by atoms with Crippen LogP contribution in [0.4, 0.5) is 0 Å². The van der Waals surface area contributed by atoms with Crippen LogP contribution in [0.15, 0.2) is 46.0 Å². The Morgan fingerprint density at radius 2 is 2.19 bits per heavy atom. The Morgan fingerprint density at radius 3 is 2.86 bits per heavy atom. The quantitative estimate of drug-likeness (QED) is 0.761. The molecule has 0 aliphatic rings. The molecule has 0 amide bonds. The van der Waals surface area contributed by atoms with Crippen LogP contribution < -0.4 is 10.5 Å². The summed E-state index contributed by atoms with van der Waals surface area (Å²) in [5.41, 5.74) is 8.24. The average Bonchev–Trinajstić information content (AvgIpc) is 2.47. The predicted molar refractivity (Wildman–Crippen MR) is 91.7 cm³/mol. The van der Waals surface area contributed by atoms with E-state index in [1.54, 1.807) is 18.0 Å². The first kappa shape index (κ1) is 16.3. The van der Waals surface area contributed by atoms with Crippen LogP contribution in [0.25, 0.3) is 0 Å². The monoisotopic (exact) mass is 366 g/mol. The summed E-state index contributed by atoms with van der Waals surface area (Å²) >= 11 is 5.20. The van der Waals surface area contributed by atoms with Crippen molar-refractivity contribution < 1.29 is 4.74 Å². The van der Waals surface area contributed by atoms with Gasteiger partial charge in [-0.3, -0.25) is 0 Å². The SMILES string of the molecule is CCOc1ccc(C(C)N)cc1CSc1ncccc1Br. The summed E-state index contributed by atoms with van der Waals surface area (Å²) in [5.74, 6) is 1.72. The van der Waals surface area contributed by atoms with Crippen LogP contribution in [0.3, 0.4) is 0 Å². The molecule has 1 aromatic carbocycles. The second kappa shape index (κ2) is 7.82. The minimum absolute atomic E-state index is 0.0195. The van der Waals surface area contributed by atoms with Gasteiger partial charge in [-0.25, -0.2) is 4.98 Å². The second-order valence-corrected chi connectivity index (χ2v) is 6.49. The van der Waals surface area contributed by atoms with E-state index in [-0.39, 0.29) is 6.04 Å². The highest BCUT2D eigenvalue weighted by Crippen LogP contribution is 2.32. The van der Waals surface area contributed by atoms with Crippen LogP contribution in [0.5, 0.6) is 5.75 Å². The van der Waals surface area contributed by atoms with Crippen molar-refractivity contribution in [3.8, 4) is 5.75 Å². The number of ether oxygens (including phenoxy) is 1. The van der Waals surface area contributed by atoms with E-state index in [4.69, 9.17) is 10.5 Å². The summed E-state index contributed by atoms with van der Waals surface area (Å²) in [7, 11) is 0. The molecule has 0 radical (unpaired) electrons. The van der Waals surface area contributed by atoms with E-state index in [0.29, 0.717) is 6.61 Å². The highest BCUT2D eigenvalue weighted by atomic mass is 79.9. The predicted octanol–water partition coefficient (Wildman–Crippen LogP) is 4.55. The van der Waals surface area contributed by atoms with Crippen LogP contribution >= 0.6 is 27.7 Å². The van der Waals surface area contributed by atoms with Gasteiger partial charge in [0.25, 0.3) is 0 Å². The van der Waals surface area contributed by atoms with E-state index in [1.807, 2.05) is 38.1 Å². The summed E-state index contributed by atoms with van der Waals surface area (Å²) in [5, 5.41) is 0.978. The third-order valence-electron chi connectivity index (χ3n) is 3.00. The molecule has 5 heteroatoms. The molecule has 0 saturated heterocycles. The molecule has 0 aliphatic heterocycles. The van der Waals surface area contributed by atoms with Gasteiger partial charge in [0.1, 0.15) is 10.8 Å². The lowest BCUT2D eigenvalue weighted by Crippen LogP contribution is -2.06. The van der Waals surface area contributed by atoms with Gasteiger partial charge in [0, 0.05) is 28.0 Å². The Bertz CT molecular complexity index is 605. The normalized spacial score (nSPS) is 12.2. The summed E-state index contributed by atoms with van der Waals surface area (Å²) in [6.45, 7) is 4.64. The largest absolute Gasteiger partial charge is 0.494 e. The fourth-order valence-corrected chi connectivity index (χ4v) is 3.37. The maximum absolute atomic E-state index is 5.97. The smallest absolute Gasteiger partial charge is 0.123 e. The van der Waals surface area contributed by atoms with Gasteiger partial charge in [-0.2, -0.15) is 0 Å². The van der Waals surface area contributed by atoms with Crippen molar-refractivity contribution >= 4 is 27.7 Å². The lowest BCUT2D eigenvalue weighted by atomic mass is 10.1. The molecule has 3 nitrogen and oxygen atoms in total. The summed E-state index contributed by atoms with van der Waals surface area (Å²) in [6, 6.07) is 10.1. The van der Waals surface area contributed by atoms with Crippen LogP contribution in [0.2, 0.25) is 0 Å². The molecule has 1 atom stereocenters. The molecule has 1 unspecified atom stereocenters. The number of benzene rings is 1. The Labute approximate surface area is 138 Å². The number of hydrogen-bond donors (Lipinski definition) is 1. The molecule has 0 spiro atoms. The zero-order valence-corrected chi connectivity index (χ0v) is 14.6. The maximum atomic E-state index is 5.97. The number of nitrogens with two attached hydrogens (primary N) is 1. The molecule has 0 bridgehead atoms. The van der Waals surface area contributed by atoms with Crippen LogP contribution in [-0.4, -0.2) is 11.6 Å². The minimum Gasteiger partial charge on any atom is -0.494 e. The standard InChI is InChI=1S/C16H19BrN2OS/c1-3-20-15-7-6-12(11(2)18)9-13(15)10-21-16-14(17)5-4-8-19-16/h4-9,11H,3,10,18H2,1-2H3. The fraction of sp³-hybridized carbons (Fsp3) is 0.312. The number of thioether (sulfide) groups is 1. The number of pyridine rings is 1. The van der Waals surface area contributed by atoms with E-state index >= 15 is 0 Å². The molecular weight excluding hydrogens is 348 g/mol. The third kappa shape index (κ3) is 4.46. The number of halogens is 1. The molecule has 0 aliphatic carbocycles. The topological polar surface area (TPSA) is 48.1 Å². The zero-order chi connectivity index (χ0) is 15.2. The van der Waals surface area contributed by atoms with Gasteiger partial charge in [-0.1, -0.05) is 6.07 Å². The van der Waals surface area contributed by atoms with Gasteiger partial charge in [-0.05, 0) is 59.6 Å². The molecular formula is C16H19BrN2OS. The number of rotatable bonds is 6. The number of aromatic nitrogens is 1. The molecule has 0 saturated carbocycles. The minimum atomic E-state index is 0.0195. The summed E-state index contributed by atoms with van der Waals surface area (Å²) < 4.78 is 6.71. The lowest BCUT2D eigenvalue weighted by Gasteiger charge is -2.14. The van der Waals surface area contributed by atoms with E-state index in [2.05, 4.69) is 27.0 Å². The average molecular weight is 367 g/mol. The first-order valence-electron chi connectivity index (χ1n) is 6.86. The van der Waals surface area contributed by atoms with Gasteiger partial charge in [0.2, 0.25) is 0 Å². The van der Waals surface area contributed by atoms with Gasteiger partial charge >= 0.3 is 0 Å². The molecule has 1 heterocycles. The highest BCUT2D eigenvalue weighted by Gasteiger charge is 2.09. The van der Waals surface area contributed by atoms with Crippen molar-refractivity contribution in [2.75, 3.05) is 6.61 Å². The lowest BCUT2D eigenvalue weighted by molar-refractivity contribution is 0.337. The van der Waals surface area contributed by atoms with Crippen molar-refractivity contribution in [1.29, 1.82) is 0 Å². The highest BCUT2D eigenvalue weighted by molar-refractivity contribution is 9.10. The van der Waals surface area contributed by atoms with E-state index < -0.39 is 0 Å². The number of hydrogen-bond acceptors (Lipinski definition) is 4. The first-order chi connectivity index (χ1) is 10.1. The molecule has 0 fully saturated rings. The Balaban J connectivity index is 2.20. The van der Waals surface area contributed by atoms with Crippen molar-refractivity contribution in [3.05, 3.63) is 52.1 Å². The first-order valence-corrected chi connectivity index (χ1v) is 8.64. The van der Waals surface area contributed by atoms with E-state index in [0.717, 1.165) is 32.1 Å². The summed E-state index contributed by atoms with van der Waals surface area (Å²) in [6.07, 6.45) is 1.80. The van der Waals surface area contributed by atoms with Crippen LogP contribution in [0, 0.1) is 0 Å². The van der Waals surface area contributed by atoms with E-state index in [9.17, 15) is 0 Å². The molecule has 21 heavy (non-hydrogen) atoms. The Hall–Kier alpha value is -1.04. The molecule has 112 valence electrons. The summed E-state index contributed by atoms with van der Waals surface area (Å²) in [4.78, 5) is 4.38. The molecule has 2 rings (SSSR count). The number of nitrogens with zero attached hydrogens (tertiary/aromatic N) is 1. The molecule has 1 aromatic heterocycles. The maximum Gasteiger partial charge on any atom is 0.123 e. The molecule has 2 aromatic rings. The second-order valence-electron chi connectivity index (χ2n) is 4.67. The molecule has 2 N–H and O–H groups in total.